The molecule has 1 atom stereocenters. The van der Waals surface area contributed by atoms with Crippen LogP contribution in [0.3, 0.4) is 0 Å². The molecule has 0 aliphatic carbocycles. The Balaban J connectivity index is 1.54. The monoisotopic (exact) mass is 394 g/mol. The molecule has 28 heavy (non-hydrogen) atoms. The van der Waals surface area contributed by atoms with E-state index < -0.39 is 0 Å². The Morgan fingerprint density at radius 3 is 2.71 bits per heavy atom. The molecule has 1 aromatic heterocycles. The molecule has 1 unspecified atom stereocenters. The summed E-state index contributed by atoms with van der Waals surface area (Å²) < 4.78 is 2.14. The van der Waals surface area contributed by atoms with Crippen LogP contribution in [0.25, 0.3) is 11.0 Å². The Morgan fingerprint density at radius 2 is 1.93 bits per heavy atom. The molecule has 5 nitrogen and oxygen atoms in total. The maximum Gasteiger partial charge on any atom is 0.240 e. The number of hydrogen-bond donors (Lipinski definition) is 1. The van der Waals surface area contributed by atoms with Crippen LogP contribution in [0.4, 0.5) is 5.95 Å². The number of rotatable bonds is 7. The van der Waals surface area contributed by atoms with Crippen LogP contribution in [-0.2, 0) is 17.8 Å². The average molecular weight is 395 g/mol. The van der Waals surface area contributed by atoms with Gasteiger partial charge < -0.3 is 9.47 Å². The molecule has 1 aliphatic heterocycles. The molecule has 2 aromatic carbocycles. The van der Waals surface area contributed by atoms with Crippen LogP contribution in [0, 0.1) is 0 Å². The minimum absolute atomic E-state index is 0.0283. The average Bonchev–Trinajstić information content (AvgIpc) is 3.30. The summed E-state index contributed by atoms with van der Waals surface area (Å²) in [7, 11) is 0. The van der Waals surface area contributed by atoms with Crippen LogP contribution in [0.5, 0.6) is 0 Å². The normalized spacial score (nSPS) is 15.9. The highest BCUT2D eigenvalue weighted by atomic mass is 32.2. The van der Waals surface area contributed by atoms with Crippen LogP contribution in [0.1, 0.15) is 19.4 Å². The van der Waals surface area contributed by atoms with Crippen molar-refractivity contribution in [2.75, 3.05) is 25.0 Å². The second-order valence-corrected chi connectivity index (χ2v) is 8.25. The summed E-state index contributed by atoms with van der Waals surface area (Å²) in [5.74, 6) is 0.676. The van der Waals surface area contributed by atoms with E-state index in [9.17, 15) is 4.79 Å². The van der Waals surface area contributed by atoms with E-state index in [0.717, 1.165) is 43.6 Å². The van der Waals surface area contributed by atoms with Crippen molar-refractivity contribution in [1.82, 2.24) is 14.5 Å². The van der Waals surface area contributed by atoms with Crippen LogP contribution >= 0.6 is 11.8 Å². The highest BCUT2D eigenvalue weighted by Gasteiger charge is 2.29. The number of nitrogens with one attached hydrogen (secondary N) is 1. The van der Waals surface area contributed by atoms with Gasteiger partial charge >= 0.3 is 0 Å². The lowest BCUT2D eigenvalue weighted by Gasteiger charge is -2.19. The molecule has 2 heterocycles. The second kappa shape index (κ2) is 8.37. The Bertz CT molecular complexity index is 955. The molecule has 0 radical (unpaired) electrons. The highest BCUT2D eigenvalue weighted by Crippen LogP contribution is 2.37. The van der Waals surface area contributed by atoms with Gasteiger partial charge in [-0.05, 0) is 43.3 Å². The molecule has 6 heteroatoms. The van der Waals surface area contributed by atoms with E-state index in [1.807, 2.05) is 30.3 Å². The zero-order valence-corrected chi connectivity index (χ0v) is 17.2. The second-order valence-electron chi connectivity index (χ2n) is 7.01. The number of imidazole rings is 1. The lowest BCUT2D eigenvalue weighted by atomic mass is 10.1. The number of carbonyl (C=O) groups excluding carboxylic acids is 1. The maximum absolute atomic E-state index is 13.0. The molecule has 0 saturated heterocycles. The van der Waals surface area contributed by atoms with Crippen molar-refractivity contribution in [3.05, 3.63) is 54.1 Å². The Morgan fingerprint density at radius 1 is 1.18 bits per heavy atom. The van der Waals surface area contributed by atoms with Crippen LogP contribution in [0.15, 0.2) is 53.4 Å². The molecule has 3 aromatic rings. The molecule has 1 N–H and O–H groups in total. The number of likely N-dealkylation sites (N-methyl/N-ethyl adjacent to an activating group) is 1. The van der Waals surface area contributed by atoms with Gasteiger partial charge in [0, 0.05) is 18.0 Å². The van der Waals surface area contributed by atoms with Crippen molar-refractivity contribution < 1.29 is 4.79 Å². The van der Waals surface area contributed by atoms with Crippen molar-refractivity contribution >= 4 is 34.7 Å². The smallest absolute Gasteiger partial charge is 0.240 e. The van der Waals surface area contributed by atoms with E-state index in [4.69, 9.17) is 4.98 Å². The van der Waals surface area contributed by atoms with Gasteiger partial charge in [-0.2, -0.15) is 0 Å². The van der Waals surface area contributed by atoms with E-state index in [1.54, 1.807) is 11.8 Å². The third kappa shape index (κ3) is 3.80. The zero-order chi connectivity index (χ0) is 19.5. The first kappa shape index (κ1) is 19.0. The van der Waals surface area contributed by atoms with Gasteiger partial charge in [-0.1, -0.05) is 44.2 Å². The van der Waals surface area contributed by atoms with Crippen LogP contribution in [-0.4, -0.2) is 45.2 Å². The van der Waals surface area contributed by atoms with Gasteiger partial charge in [0.15, 0.2) is 0 Å². The van der Waals surface area contributed by atoms with Gasteiger partial charge in [0.1, 0.15) is 0 Å². The van der Waals surface area contributed by atoms with E-state index >= 15 is 0 Å². The van der Waals surface area contributed by atoms with Crippen molar-refractivity contribution in [2.24, 2.45) is 0 Å². The quantitative estimate of drug-likeness (QED) is 0.657. The summed E-state index contributed by atoms with van der Waals surface area (Å²) in [4.78, 5) is 21.3. The Kier molecular flexibility index (Phi) is 5.69. The number of anilines is 1. The third-order valence-electron chi connectivity index (χ3n) is 5.36. The molecule has 4 rings (SSSR count). The molecule has 0 spiro atoms. The van der Waals surface area contributed by atoms with Gasteiger partial charge in [-0.3, -0.25) is 10.1 Å². The van der Waals surface area contributed by atoms with Crippen molar-refractivity contribution in [2.45, 2.75) is 37.0 Å². The molecular formula is C22H26N4OS. The largest absolute Gasteiger partial charge is 0.309 e. The summed E-state index contributed by atoms with van der Waals surface area (Å²) in [5.41, 5.74) is 3.23. The standard InChI is InChI=1S/C22H26N4OS/c1-3-25(4-2)13-14-26-18-11-7-6-10-17(18)23-22(26)24-21(27)20-15-16-9-5-8-12-19(16)28-20/h5-12,20H,3-4,13-15H2,1-2H3,(H,23,24,27). The molecule has 0 bridgehead atoms. The maximum atomic E-state index is 13.0. The summed E-state index contributed by atoms with van der Waals surface area (Å²) in [6.45, 7) is 8.11. The third-order valence-corrected chi connectivity index (χ3v) is 6.68. The lowest BCUT2D eigenvalue weighted by molar-refractivity contribution is -0.115. The number of aromatic nitrogens is 2. The van der Waals surface area contributed by atoms with Crippen LogP contribution < -0.4 is 5.32 Å². The topological polar surface area (TPSA) is 50.2 Å². The number of benzene rings is 2. The molecule has 1 aliphatic rings. The number of fused-ring (bicyclic) bond motifs is 2. The van der Waals surface area contributed by atoms with E-state index in [2.05, 4.69) is 46.8 Å². The first-order valence-electron chi connectivity index (χ1n) is 9.92. The summed E-state index contributed by atoms with van der Waals surface area (Å²) in [6, 6.07) is 16.3. The number of thioether (sulfide) groups is 1. The van der Waals surface area contributed by atoms with Crippen molar-refractivity contribution in [1.29, 1.82) is 0 Å². The lowest BCUT2D eigenvalue weighted by Crippen LogP contribution is -2.29. The zero-order valence-electron chi connectivity index (χ0n) is 16.4. The van der Waals surface area contributed by atoms with Crippen molar-refractivity contribution in [3.8, 4) is 0 Å². The molecule has 1 amide bonds. The van der Waals surface area contributed by atoms with Gasteiger partial charge in [0.2, 0.25) is 11.9 Å². The van der Waals surface area contributed by atoms with E-state index in [0.29, 0.717) is 5.95 Å². The fourth-order valence-corrected chi connectivity index (χ4v) is 4.89. The number of carbonyl (C=O) groups is 1. The summed E-state index contributed by atoms with van der Waals surface area (Å²) in [6.07, 6.45) is 0.770. The van der Waals surface area contributed by atoms with Gasteiger partial charge in [-0.25, -0.2) is 4.98 Å². The first-order chi connectivity index (χ1) is 13.7. The molecule has 146 valence electrons. The van der Waals surface area contributed by atoms with Gasteiger partial charge in [0.25, 0.3) is 0 Å². The van der Waals surface area contributed by atoms with Gasteiger partial charge in [0.05, 0.1) is 16.3 Å². The van der Waals surface area contributed by atoms with Crippen LogP contribution in [0.2, 0.25) is 0 Å². The number of nitrogens with zero attached hydrogens (tertiary/aromatic N) is 3. The first-order valence-corrected chi connectivity index (χ1v) is 10.8. The fourth-order valence-electron chi connectivity index (χ4n) is 3.70. The molecule has 0 saturated carbocycles. The molecular weight excluding hydrogens is 368 g/mol. The molecule has 0 fully saturated rings. The highest BCUT2D eigenvalue weighted by molar-refractivity contribution is 8.01. The minimum atomic E-state index is -0.103. The predicted octanol–water partition coefficient (Wildman–Crippen LogP) is 4.03. The number of amides is 1. The number of para-hydroxylation sites is 2. The minimum Gasteiger partial charge on any atom is -0.309 e. The van der Waals surface area contributed by atoms with E-state index in [1.165, 1.54) is 10.5 Å². The predicted molar refractivity (Wildman–Crippen MR) is 116 cm³/mol. The van der Waals surface area contributed by atoms with Gasteiger partial charge in [-0.15, -0.1) is 11.8 Å². The van der Waals surface area contributed by atoms with E-state index in [-0.39, 0.29) is 11.2 Å². The number of hydrogen-bond acceptors (Lipinski definition) is 4. The van der Waals surface area contributed by atoms with Crippen molar-refractivity contribution in [3.63, 3.8) is 0 Å². The fraction of sp³-hybridized carbons (Fsp3) is 0.364. The SMILES string of the molecule is CCN(CC)CCn1c(NC(=O)C2Cc3ccccc3S2)nc2ccccc21. The summed E-state index contributed by atoms with van der Waals surface area (Å²) >= 11 is 1.64. The summed E-state index contributed by atoms with van der Waals surface area (Å²) in [5, 5.41) is 3.01. The Hall–Kier alpha value is -2.31. The Labute approximate surface area is 170 Å².